The van der Waals surface area contributed by atoms with Crippen LogP contribution in [-0.2, 0) is 0 Å². The summed E-state index contributed by atoms with van der Waals surface area (Å²) in [5, 5.41) is 9.45. The normalized spacial score (nSPS) is 21.9. The fourth-order valence-electron chi connectivity index (χ4n) is 1.01. The molecule has 0 aromatic carbocycles. The van der Waals surface area contributed by atoms with Crippen molar-refractivity contribution in [1.29, 1.82) is 0 Å². The lowest BCUT2D eigenvalue weighted by atomic mass is 9.74. The average molecular weight is 157 g/mol. The second-order valence-electron chi connectivity index (χ2n) is 3.41. The lowest BCUT2D eigenvalue weighted by Crippen LogP contribution is -2.42. The van der Waals surface area contributed by atoms with Crippen LogP contribution >= 0.6 is 0 Å². The molecule has 0 spiro atoms. The predicted molar refractivity (Wildman–Crippen MR) is 48.2 cm³/mol. The number of hydrogen-bond acceptors (Lipinski definition) is 2. The Morgan fingerprint density at radius 3 is 2.18 bits per heavy atom. The van der Waals surface area contributed by atoms with Crippen molar-refractivity contribution in [2.24, 2.45) is 17.1 Å². The lowest BCUT2D eigenvalue weighted by Gasteiger charge is -2.35. The van der Waals surface area contributed by atoms with Crippen LogP contribution in [0.15, 0.2) is 12.7 Å². The van der Waals surface area contributed by atoms with Crippen molar-refractivity contribution in [2.45, 2.75) is 26.9 Å². The molecule has 0 aliphatic carbocycles. The topological polar surface area (TPSA) is 46.2 Å². The first-order valence-electron chi connectivity index (χ1n) is 3.99. The summed E-state index contributed by atoms with van der Waals surface area (Å²) in [5.41, 5.74) is 5.34. The molecule has 0 radical (unpaired) electrons. The van der Waals surface area contributed by atoms with Crippen LogP contribution in [0.25, 0.3) is 0 Å². The van der Waals surface area contributed by atoms with Gasteiger partial charge < -0.3 is 10.8 Å². The molecule has 3 atom stereocenters. The first-order chi connectivity index (χ1) is 4.99. The standard InChI is InChI=1S/C9H19NO/c1-5-7(2)9(4,6-10)8(3)11/h5,7-8,11H,1,6,10H2,2-4H3. The molecule has 3 N–H and O–H groups in total. The van der Waals surface area contributed by atoms with Gasteiger partial charge in [0.05, 0.1) is 6.10 Å². The van der Waals surface area contributed by atoms with E-state index in [0.717, 1.165) is 0 Å². The molecule has 0 bridgehead atoms. The summed E-state index contributed by atoms with van der Waals surface area (Å²) in [6, 6.07) is 0. The van der Waals surface area contributed by atoms with E-state index < -0.39 is 0 Å². The van der Waals surface area contributed by atoms with Gasteiger partial charge in [0.15, 0.2) is 0 Å². The Balaban J connectivity index is 4.44. The van der Waals surface area contributed by atoms with E-state index in [1.807, 2.05) is 19.9 Å². The van der Waals surface area contributed by atoms with Gasteiger partial charge in [-0.1, -0.05) is 19.9 Å². The van der Waals surface area contributed by atoms with Gasteiger partial charge >= 0.3 is 0 Å². The van der Waals surface area contributed by atoms with Crippen molar-refractivity contribution in [3.63, 3.8) is 0 Å². The molecule has 0 saturated heterocycles. The molecule has 0 aliphatic heterocycles. The van der Waals surface area contributed by atoms with Gasteiger partial charge in [-0.05, 0) is 12.8 Å². The molecule has 3 unspecified atom stereocenters. The van der Waals surface area contributed by atoms with Crippen molar-refractivity contribution >= 4 is 0 Å². The van der Waals surface area contributed by atoms with Gasteiger partial charge in [-0.2, -0.15) is 0 Å². The van der Waals surface area contributed by atoms with Crippen LogP contribution in [0, 0.1) is 11.3 Å². The molecule has 66 valence electrons. The zero-order valence-corrected chi connectivity index (χ0v) is 7.67. The fraction of sp³-hybridized carbons (Fsp3) is 0.778. The highest BCUT2D eigenvalue weighted by molar-refractivity contribution is 4.93. The smallest absolute Gasteiger partial charge is 0.0583 e. The number of aliphatic hydroxyl groups is 1. The molecule has 0 aromatic heterocycles. The van der Waals surface area contributed by atoms with Gasteiger partial charge in [0.1, 0.15) is 0 Å². The van der Waals surface area contributed by atoms with E-state index in [0.29, 0.717) is 6.54 Å². The van der Waals surface area contributed by atoms with Gasteiger partial charge in [0, 0.05) is 12.0 Å². The molecule has 2 nitrogen and oxygen atoms in total. The molecule has 0 saturated carbocycles. The molecular formula is C9H19NO. The van der Waals surface area contributed by atoms with Crippen LogP contribution in [0.3, 0.4) is 0 Å². The van der Waals surface area contributed by atoms with Crippen molar-refractivity contribution in [1.82, 2.24) is 0 Å². The van der Waals surface area contributed by atoms with Gasteiger partial charge in [-0.25, -0.2) is 0 Å². The summed E-state index contributed by atoms with van der Waals surface area (Å²) < 4.78 is 0. The maximum atomic E-state index is 9.45. The van der Waals surface area contributed by atoms with Crippen LogP contribution in [0.5, 0.6) is 0 Å². The zero-order chi connectivity index (χ0) is 9.07. The second-order valence-corrected chi connectivity index (χ2v) is 3.41. The minimum atomic E-state index is -0.388. The molecule has 2 heteroatoms. The van der Waals surface area contributed by atoms with Crippen molar-refractivity contribution in [2.75, 3.05) is 6.54 Å². The Bertz CT molecular complexity index is 134. The monoisotopic (exact) mass is 157 g/mol. The Kier molecular flexibility index (Phi) is 3.76. The van der Waals surface area contributed by atoms with Crippen molar-refractivity contribution < 1.29 is 5.11 Å². The minimum Gasteiger partial charge on any atom is -0.393 e. The number of nitrogens with two attached hydrogens (primary N) is 1. The zero-order valence-electron chi connectivity index (χ0n) is 7.67. The highest BCUT2D eigenvalue weighted by Gasteiger charge is 2.32. The first kappa shape index (κ1) is 10.7. The third kappa shape index (κ3) is 2.04. The molecule has 0 amide bonds. The molecule has 0 aliphatic rings. The summed E-state index contributed by atoms with van der Waals surface area (Å²) in [5.74, 6) is 0.243. The van der Waals surface area contributed by atoms with E-state index in [-0.39, 0.29) is 17.4 Å². The molecule has 0 heterocycles. The van der Waals surface area contributed by atoms with E-state index in [1.54, 1.807) is 6.92 Å². The van der Waals surface area contributed by atoms with Gasteiger partial charge in [-0.15, -0.1) is 6.58 Å². The van der Waals surface area contributed by atoms with Crippen LogP contribution in [0.4, 0.5) is 0 Å². The summed E-state index contributed by atoms with van der Waals surface area (Å²) in [6.07, 6.45) is 1.44. The fourth-order valence-corrected chi connectivity index (χ4v) is 1.01. The van der Waals surface area contributed by atoms with Crippen LogP contribution in [0.1, 0.15) is 20.8 Å². The number of hydrogen-bond donors (Lipinski definition) is 2. The molecule has 11 heavy (non-hydrogen) atoms. The summed E-state index contributed by atoms with van der Waals surface area (Å²) in [4.78, 5) is 0. The predicted octanol–water partition coefficient (Wildman–Crippen LogP) is 1.15. The summed E-state index contributed by atoms with van der Waals surface area (Å²) in [6.45, 7) is 9.94. The Morgan fingerprint density at radius 2 is 2.09 bits per heavy atom. The highest BCUT2D eigenvalue weighted by atomic mass is 16.3. The van der Waals surface area contributed by atoms with E-state index in [2.05, 4.69) is 6.58 Å². The van der Waals surface area contributed by atoms with E-state index in [9.17, 15) is 5.11 Å². The summed E-state index contributed by atoms with van der Waals surface area (Å²) in [7, 11) is 0. The number of aliphatic hydroxyl groups excluding tert-OH is 1. The van der Waals surface area contributed by atoms with Gasteiger partial charge in [-0.3, -0.25) is 0 Å². The quantitative estimate of drug-likeness (QED) is 0.601. The lowest BCUT2D eigenvalue weighted by molar-refractivity contribution is 0.0325. The van der Waals surface area contributed by atoms with Crippen LogP contribution < -0.4 is 5.73 Å². The van der Waals surface area contributed by atoms with Crippen molar-refractivity contribution in [3.8, 4) is 0 Å². The third-order valence-corrected chi connectivity index (χ3v) is 2.79. The van der Waals surface area contributed by atoms with Crippen LogP contribution in [0.2, 0.25) is 0 Å². The first-order valence-corrected chi connectivity index (χ1v) is 3.99. The minimum absolute atomic E-state index is 0.234. The summed E-state index contributed by atoms with van der Waals surface area (Å²) >= 11 is 0. The van der Waals surface area contributed by atoms with E-state index in [1.165, 1.54) is 0 Å². The number of rotatable bonds is 4. The molecule has 0 rings (SSSR count). The maximum Gasteiger partial charge on any atom is 0.0583 e. The highest BCUT2D eigenvalue weighted by Crippen LogP contribution is 2.30. The Labute approximate surface area is 69.1 Å². The van der Waals surface area contributed by atoms with Crippen molar-refractivity contribution in [3.05, 3.63) is 12.7 Å². The number of allylic oxidation sites excluding steroid dienone is 1. The largest absolute Gasteiger partial charge is 0.393 e. The SMILES string of the molecule is C=CC(C)C(C)(CN)C(C)O. The third-order valence-electron chi connectivity index (χ3n) is 2.79. The van der Waals surface area contributed by atoms with Crippen LogP contribution in [-0.4, -0.2) is 17.8 Å². The molecular weight excluding hydrogens is 138 g/mol. The Morgan fingerprint density at radius 1 is 1.64 bits per heavy atom. The Hall–Kier alpha value is -0.340. The maximum absolute atomic E-state index is 9.45. The average Bonchev–Trinajstić information content (AvgIpc) is 2.01. The van der Waals surface area contributed by atoms with Gasteiger partial charge in [0.25, 0.3) is 0 Å². The second kappa shape index (κ2) is 3.88. The van der Waals surface area contributed by atoms with Gasteiger partial charge in [0.2, 0.25) is 0 Å². The van der Waals surface area contributed by atoms with E-state index in [4.69, 9.17) is 5.73 Å². The molecule has 0 fully saturated rings. The van der Waals surface area contributed by atoms with E-state index >= 15 is 0 Å². The molecule has 0 aromatic rings.